The molecule has 8 heteroatoms. The van der Waals surface area contributed by atoms with Crippen molar-refractivity contribution in [2.45, 2.75) is 19.9 Å². The second-order valence-corrected chi connectivity index (χ2v) is 3.45. The maximum atomic E-state index is 11.8. The van der Waals surface area contributed by atoms with Crippen molar-refractivity contribution < 1.29 is 19.6 Å². The van der Waals surface area contributed by atoms with Gasteiger partial charge in [-0.3, -0.25) is 24.3 Å². The van der Waals surface area contributed by atoms with Crippen molar-refractivity contribution in [3.8, 4) is 5.75 Å². The van der Waals surface area contributed by atoms with E-state index in [-0.39, 0.29) is 0 Å². The van der Waals surface area contributed by atoms with Crippen LogP contribution in [0.25, 0.3) is 0 Å². The van der Waals surface area contributed by atoms with E-state index in [1.54, 1.807) is 6.92 Å². The Morgan fingerprint density at radius 2 is 2.22 bits per heavy atom. The molecule has 8 nitrogen and oxygen atoms in total. The lowest BCUT2D eigenvalue weighted by atomic mass is 10.2. The highest BCUT2D eigenvalue weighted by molar-refractivity contribution is 5.69. The first kappa shape index (κ1) is 13.7. The van der Waals surface area contributed by atoms with Crippen LogP contribution in [-0.2, 0) is 22.5 Å². The van der Waals surface area contributed by atoms with Crippen LogP contribution in [0.3, 0.4) is 0 Å². The Bertz CT molecular complexity index is 548. The average Bonchev–Trinajstić information content (AvgIpc) is 2.31. The van der Waals surface area contributed by atoms with Crippen LogP contribution in [-0.4, -0.2) is 27.7 Å². The first-order chi connectivity index (χ1) is 8.42. The van der Waals surface area contributed by atoms with Crippen LogP contribution in [0.1, 0.15) is 12.6 Å². The van der Waals surface area contributed by atoms with Crippen LogP contribution in [0.2, 0.25) is 0 Å². The number of nitro groups is 1. The molecule has 0 radical (unpaired) electrons. The Balaban J connectivity index is 3.47. The molecule has 0 aromatic carbocycles. The molecule has 0 atom stereocenters. The number of carbonyl (C=O) groups is 1. The van der Waals surface area contributed by atoms with E-state index in [0.29, 0.717) is 12.1 Å². The van der Waals surface area contributed by atoms with Gasteiger partial charge in [-0.05, 0) is 6.42 Å². The largest absolute Gasteiger partial charge is 0.502 e. The van der Waals surface area contributed by atoms with Gasteiger partial charge in [-0.15, -0.1) is 0 Å². The summed E-state index contributed by atoms with van der Waals surface area (Å²) >= 11 is 0. The molecule has 98 valence electrons. The third kappa shape index (κ3) is 2.47. The van der Waals surface area contributed by atoms with Gasteiger partial charge in [0.15, 0.2) is 0 Å². The van der Waals surface area contributed by atoms with E-state index in [9.17, 15) is 24.8 Å². The highest BCUT2D eigenvalue weighted by Crippen LogP contribution is 2.22. The number of rotatable bonds is 4. The quantitative estimate of drug-likeness (QED) is 0.467. The van der Waals surface area contributed by atoms with Gasteiger partial charge in [-0.2, -0.15) is 0 Å². The number of carbonyl (C=O) groups excluding carboxylic acids is 1. The van der Waals surface area contributed by atoms with Gasteiger partial charge in [0.2, 0.25) is 5.75 Å². The number of aromatic nitrogens is 1. The van der Waals surface area contributed by atoms with Crippen LogP contribution < -0.4 is 5.56 Å². The topological polar surface area (TPSA) is 112 Å². The maximum absolute atomic E-state index is 11.8. The predicted molar refractivity (Wildman–Crippen MR) is 60.4 cm³/mol. The average molecular weight is 256 g/mol. The molecular formula is C10H12N2O6. The molecule has 1 aromatic heterocycles. The Kier molecular flexibility index (Phi) is 4.03. The molecule has 0 saturated heterocycles. The molecule has 0 aliphatic heterocycles. The van der Waals surface area contributed by atoms with Crippen molar-refractivity contribution in [2.24, 2.45) is 0 Å². The molecule has 0 aliphatic carbocycles. The third-order valence-electron chi connectivity index (χ3n) is 2.40. The lowest BCUT2D eigenvalue weighted by Crippen LogP contribution is -2.29. The first-order valence-corrected chi connectivity index (χ1v) is 5.09. The van der Waals surface area contributed by atoms with E-state index < -0.39 is 34.4 Å². The Labute approximate surface area is 102 Å². The number of hydrogen-bond acceptors (Lipinski definition) is 6. The monoisotopic (exact) mass is 256 g/mol. The number of aryl methyl sites for hydroxylation is 1. The molecule has 0 fully saturated rings. The van der Waals surface area contributed by atoms with E-state index in [1.165, 1.54) is 0 Å². The second-order valence-electron chi connectivity index (χ2n) is 3.45. The van der Waals surface area contributed by atoms with Gasteiger partial charge in [-0.1, -0.05) is 6.92 Å². The molecule has 0 aliphatic rings. The lowest BCUT2D eigenvalue weighted by molar-refractivity contribution is -0.387. The fourth-order valence-electron chi connectivity index (χ4n) is 1.50. The maximum Gasteiger partial charge on any atom is 0.375 e. The molecule has 1 rings (SSSR count). The van der Waals surface area contributed by atoms with Gasteiger partial charge in [0.25, 0.3) is 0 Å². The van der Waals surface area contributed by atoms with Gasteiger partial charge in [-0.25, -0.2) is 0 Å². The summed E-state index contributed by atoms with van der Waals surface area (Å²) in [6.45, 7) is 1.26. The minimum atomic E-state index is -1.03. The summed E-state index contributed by atoms with van der Waals surface area (Å²) in [6, 6.07) is 1.10. The van der Waals surface area contributed by atoms with Crippen LogP contribution in [0, 0.1) is 10.1 Å². The predicted octanol–water partition coefficient (Wildman–Crippen LogP) is 0.197. The Hall–Kier alpha value is -2.38. The summed E-state index contributed by atoms with van der Waals surface area (Å²) in [4.78, 5) is 32.7. The van der Waals surface area contributed by atoms with Gasteiger partial charge in [0, 0.05) is 11.8 Å². The number of pyridine rings is 1. The van der Waals surface area contributed by atoms with Crippen molar-refractivity contribution in [1.82, 2.24) is 4.57 Å². The van der Waals surface area contributed by atoms with E-state index >= 15 is 0 Å². The third-order valence-corrected chi connectivity index (χ3v) is 2.40. The lowest BCUT2D eigenvalue weighted by Gasteiger charge is -2.10. The number of hydrogen-bond donors (Lipinski definition) is 1. The molecule has 1 heterocycles. The van der Waals surface area contributed by atoms with Crippen molar-refractivity contribution >= 4 is 11.7 Å². The number of esters is 1. The number of ether oxygens (including phenoxy) is 1. The molecule has 1 aromatic rings. The van der Waals surface area contributed by atoms with Crippen molar-refractivity contribution in [1.29, 1.82) is 0 Å². The summed E-state index contributed by atoms with van der Waals surface area (Å²) in [5.74, 6) is -1.41. The van der Waals surface area contributed by atoms with Gasteiger partial charge >= 0.3 is 17.2 Å². The van der Waals surface area contributed by atoms with E-state index in [0.717, 1.165) is 17.7 Å². The molecule has 0 bridgehead atoms. The molecule has 0 unspecified atom stereocenters. The zero-order valence-electron chi connectivity index (χ0n) is 9.87. The Morgan fingerprint density at radius 1 is 1.61 bits per heavy atom. The molecule has 0 amide bonds. The summed E-state index contributed by atoms with van der Waals surface area (Å²) in [5, 5.41) is 20.1. The highest BCUT2D eigenvalue weighted by atomic mass is 16.6. The van der Waals surface area contributed by atoms with Crippen LogP contribution in [0.4, 0.5) is 5.69 Å². The van der Waals surface area contributed by atoms with Crippen molar-refractivity contribution in [3.63, 3.8) is 0 Å². The summed E-state index contributed by atoms with van der Waals surface area (Å²) in [5.41, 5.74) is -1.66. The molecular weight excluding hydrogens is 244 g/mol. The number of aromatic hydroxyl groups is 1. The fourth-order valence-corrected chi connectivity index (χ4v) is 1.50. The van der Waals surface area contributed by atoms with Crippen molar-refractivity contribution in [3.05, 3.63) is 32.2 Å². The molecule has 0 saturated carbocycles. The standard InChI is InChI=1S/C10H12N2O6/c1-3-6-4-7(13)9(12(16)17)10(15)11(6)5-8(14)18-2/h4,13H,3,5H2,1-2H3. The van der Waals surface area contributed by atoms with Crippen LogP contribution in [0.15, 0.2) is 10.9 Å². The normalized spacial score (nSPS) is 10.1. The van der Waals surface area contributed by atoms with Gasteiger partial charge in [0.1, 0.15) is 6.54 Å². The summed E-state index contributed by atoms with van der Waals surface area (Å²) in [7, 11) is 1.15. The number of methoxy groups -OCH3 is 1. The van der Waals surface area contributed by atoms with Crippen molar-refractivity contribution in [2.75, 3.05) is 7.11 Å². The van der Waals surface area contributed by atoms with Gasteiger partial charge in [0.05, 0.1) is 12.0 Å². The zero-order valence-corrected chi connectivity index (χ0v) is 9.87. The van der Waals surface area contributed by atoms with E-state index in [4.69, 9.17) is 0 Å². The second kappa shape index (κ2) is 5.30. The molecule has 0 spiro atoms. The van der Waals surface area contributed by atoms with Crippen LogP contribution >= 0.6 is 0 Å². The SMILES string of the molecule is CCc1cc(O)c([N+](=O)[O-])c(=O)n1CC(=O)OC. The fraction of sp³-hybridized carbons (Fsp3) is 0.400. The van der Waals surface area contributed by atoms with Crippen LogP contribution in [0.5, 0.6) is 5.75 Å². The zero-order chi connectivity index (χ0) is 13.9. The molecule has 18 heavy (non-hydrogen) atoms. The highest BCUT2D eigenvalue weighted by Gasteiger charge is 2.24. The minimum Gasteiger partial charge on any atom is -0.502 e. The first-order valence-electron chi connectivity index (χ1n) is 5.09. The Morgan fingerprint density at radius 3 is 2.67 bits per heavy atom. The smallest absolute Gasteiger partial charge is 0.375 e. The number of nitrogens with zero attached hydrogens (tertiary/aromatic N) is 2. The summed E-state index contributed by atoms with van der Waals surface area (Å²) in [6.07, 6.45) is 0.331. The van der Waals surface area contributed by atoms with Gasteiger partial charge < -0.3 is 9.84 Å². The summed E-state index contributed by atoms with van der Waals surface area (Å²) < 4.78 is 5.33. The minimum absolute atomic E-state index is 0.313. The molecule has 1 N–H and O–H groups in total. The van der Waals surface area contributed by atoms with E-state index in [1.807, 2.05) is 0 Å². The van der Waals surface area contributed by atoms with E-state index in [2.05, 4.69) is 4.74 Å².